The fourth-order valence-electron chi connectivity index (χ4n) is 3.41. The highest BCUT2D eigenvalue weighted by Crippen LogP contribution is 2.19. The molecule has 2 rings (SSSR count). The van der Waals surface area contributed by atoms with Crippen LogP contribution in [0.4, 0.5) is 0 Å². The van der Waals surface area contributed by atoms with Crippen LogP contribution in [0.1, 0.15) is 38.7 Å². The summed E-state index contributed by atoms with van der Waals surface area (Å²) < 4.78 is 16.2. The molecule has 0 saturated carbocycles. The van der Waals surface area contributed by atoms with E-state index in [2.05, 4.69) is 5.32 Å². The zero-order chi connectivity index (χ0) is 23.3. The molecular weight excluding hydrogens is 408 g/mol. The number of nitrogens with one attached hydrogen (secondary N) is 1. The van der Waals surface area contributed by atoms with E-state index < -0.39 is 6.04 Å². The lowest BCUT2D eigenvalue weighted by molar-refractivity contribution is -0.141. The third-order valence-corrected chi connectivity index (χ3v) is 5.09. The van der Waals surface area contributed by atoms with Gasteiger partial charge in [0, 0.05) is 19.5 Å². The second-order valence-corrected chi connectivity index (χ2v) is 7.32. The Bertz CT molecular complexity index is 854. The number of amides is 2. The molecule has 0 radical (unpaired) electrons. The molecule has 1 N–H and O–H groups in total. The van der Waals surface area contributed by atoms with Crippen molar-refractivity contribution in [3.05, 3.63) is 54.1 Å². The molecule has 32 heavy (non-hydrogen) atoms. The van der Waals surface area contributed by atoms with Gasteiger partial charge in [0.05, 0.1) is 20.8 Å². The number of methoxy groups -OCH3 is 2. The van der Waals surface area contributed by atoms with Gasteiger partial charge in [-0.1, -0.05) is 19.1 Å². The van der Waals surface area contributed by atoms with Gasteiger partial charge in [-0.2, -0.15) is 0 Å². The second-order valence-electron chi connectivity index (χ2n) is 7.32. The van der Waals surface area contributed by atoms with Crippen molar-refractivity contribution in [2.24, 2.45) is 0 Å². The maximum absolute atomic E-state index is 13.1. The SMILES string of the molecule is CCNC(=O)[C@H](CC)N(Cc1cccc(OC)c1)C(=O)CCCOc1ccc(OC)cc1. The summed E-state index contributed by atoms with van der Waals surface area (Å²) in [6.45, 7) is 5.05. The van der Waals surface area contributed by atoms with Crippen LogP contribution in [0.15, 0.2) is 48.5 Å². The van der Waals surface area contributed by atoms with Crippen LogP contribution in [0.2, 0.25) is 0 Å². The summed E-state index contributed by atoms with van der Waals surface area (Å²) in [5, 5.41) is 2.85. The van der Waals surface area contributed by atoms with E-state index >= 15 is 0 Å². The third kappa shape index (κ3) is 7.48. The standard InChI is InChI=1S/C25H34N2O5/c1-5-23(25(29)26-6-2)27(18-19-9-7-10-22(17-19)31-4)24(28)11-8-16-32-21-14-12-20(30-3)13-15-21/h7,9-10,12-15,17,23H,5-6,8,11,16,18H2,1-4H3,(H,26,29)/t23-/m0/s1. The molecular formula is C25H34N2O5. The molecule has 7 heteroatoms. The van der Waals surface area contributed by atoms with Gasteiger partial charge in [-0.25, -0.2) is 0 Å². The molecule has 1 atom stereocenters. The predicted molar refractivity (Wildman–Crippen MR) is 124 cm³/mol. The number of ether oxygens (including phenoxy) is 3. The highest BCUT2D eigenvalue weighted by molar-refractivity contribution is 5.87. The van der Waals surface area contributed by atoms with Crippen molar-refractivity contribution in [2.45, 2.75) is 45.7 Å². The number of carbonyl (C=O) groups excluding carboxylic acids is 2. The number of benzene rings is 2. The first-order valence-corrected chi connectivity index (χ1v) is 11.0. The first-order chi connectivity index (χ1) is 15.5. The van der Waals surface area contributed by atoms with Crippen LogP contribution in [-0.2, 0) is 16.1 Å². The van der Waals surface area contributed by atoms with Gasteiger partial charge in [0.1, 0.15) is 23.3 Å². The first-order valence-electron chi connectivity index (χ1n) is 11.0. The smallest absolute Gasteiger partial charge is 0.242 e. The maximum Gasteiger partial charge on any atom is 0.242 e. The van der Waals surface area contributed by atoms with Crippen molar-refractivity contribution in [1.82, 2.24) is 10.2 Å². The van der Waals surface area contributed by atoms with Gasteiger partial charge in [-0.3, -0.25) is 9.59 Å². The Morgan fingerprint density at radius 3 is 2.28 bits per heavy atom. The van der Waals surface area contributed by atoms with E-state index in [0.29, 0.717) is 38.3 Å². The number of nitrogens with zero attached hydrogens (tertiary/aromatic N) is 1. The van der Waals surface area contributed by atoms with Crippen LogP contribution in [-0.4, -0.2) is 50.1 Å². The minimum Gasteiger partial charge on any atom is -0.497 e. The van der Waals surface area contributed by atoms with E-state index in [1.54, 1.807) is 19.1 Å². The fraction of sp³-hybridized carbons (Fsp3) is 0.440. The Morgan fingerprint density at radius 1 is 0.969 bits per heavy atom. The third-order valence-electron chi connectivity index (χ3n) is 5.09. The lowest BCUT2D eigenvalue weighted by Crippen LogP contribution is -2.49. The van der Waals surface area contributed by atoms with Crippen molar-refractivity contribution in [3.8, 4) is 17.2 Å². The summed E-state index contributed by atoms with van der Waals surface area (Å²) >= 11 is 0. The van der Waals surface area contributed by atoms with Gasteiger partial charge in [-0.15, -0.1) is 0 Å². The minimum atomic E-state index is -0.531. The molecule has 174 valence electrons. The predicted octanol–water partition coefficient (Wildman–Crippen LogP) is 3.81. The molecule has 2 aromatic rings. The molecule has 0 aliphatic carbocycles. The van der Waals surface area contributed by atoms with Gasteiger partial charge < -0.3 is 24.4 Å². The molecule has 0 bridgehead atoms. The van der Waals surface area contributed by atoms with Crippen molar-refractivity contribution in [1.29, 1.82) is 0 Å². The zero-order valence-corrected chi connectivity index (χ0v) is 19.4. The lowest BCUT2D eigenvalue weighted by Gasteiger charge is -2.30. The minimum absolute atomic E-state index is 0.0794. The molecule has 0 unspecified atom stereocenters. The molecule has 2 aromatic carbocycles. The van der Waals surface area contributed by atoms with Crippen LogP contribution < -0.4 is 19.5 Å². The van der Waals surface area contributed by atoms with E-state index in [0.717, 1.165) is 17.1 Å². The highest BCUT2D eigenvalue weighted by Gasteiger charge is 2.28. The normalized spacial score (nSPS) is 11.4. The molecule has 0 spiro atoms. The summed E-state index contributed by atoms with van der Waals surface area (Å²) in [6.07, 6.45) is 1.37. The quantitative estimate of drug-likeness (QED) is 0.478. The Morgan fingerprint density at radius 2 is 1.66 bits per heavy atom. The van der Waals surface area contributed by atoms with Crippen LogP contribution >= 0.6 is 0 Å². The number of hydrogen-bond acceptors (Lipinski definition) is 5. The van der Waals surface area contributed by atoms with E-state index in [1.165, 1.54) is 0 Å². The summed E-state index contributed by atoms with van der Waals surface area (Å²) in [4.78, 5) is 27.4. The van der Waals surface area contributed by atoms with Gasteiger partial charge in [0.15, 0.2) is 0 Å². The second kappa shape index (κ2) is 13.2. The van der Waals surface area contributed by atoms with Gasteiger partial charge in [0.25, 0.3) is 0 Å². The number of carbonyl (C=O) groups is 2. The largest absolute Gasteiger partial charge is 0.497 e. The van der Waals surface area contributed by atoms with E-state index in [-0.39, 0.29) is 18.2 Å². The van der Waals surface area contributed by atoms with Crippen molar-refractivity contribution < 1.29 is 23.8 Å². The Kier molecular flexibility index (Phi) is 10.4. The van der Waals surface area contributed by atoms with Crippen molar-refractivity contribution in [2.75, 3.05) is 27.4 Å². The van der Waals surface area contributed by atoms with Crippen LogP contribution in [0.25, 0.3) is 0 Å². The molecule has 2 amide bonds. The van der Waals surface area contributed by atoms with Crippen molar-refractivity contribution >= 4 is 11.8 Å². The van der Waals surface area contributed by atoms with E-state index in [1.807, 2.05) is 62.4 Å². The molecule has 0 saturated heterocycles. The summed E-state index contributed by atoms with van der Waals surface area (Å²) in [5.74, 6) is 1.98. The van der Waals surface area contributed by atoms with Gasteiger partial charge in [-0.05, 0) is 61.7 Å². The summed E-state index contributed by atoms with van der Waals surface area (Å²) in [7, 11) is 3.22. The Hall–Kier alpha value is -3.22. The summed E-state index contributed by atoms with van der Waals surface area (Å²) in [5.41, 5.74) is 0.912. The topological polar surface area (TPSA) is 77.1 Å². The fourth-order valence-corrected chi connectivity index (χ4v) is 3.41. The van der Waals surface area contributed by atoms with Crippen LogP contribution in [0.3, 0.4) is 0 Å². The van der Waals surface area contributed by atoms with Crippen molar-refractivity contribution in [3.63, 3.8) is 0 Å². The highest BCUT2D eigenvalue weighted by atomic mass is 16.5. The molecule has 0 heterocycles. The first kappa shape index (κ1) is 25.0. The molecule has 0 aliphatic rings. The van der Waals surface area contributed by atoms with Crippen LogP contribution in [0, 0.1) is 0 Å². The number of rotatable bonds is 13. The lowest BCUT2D eigenvalue weighted by atomic mass is 10.1. The van der Waals surface area contributed by atoms with Gasteiger partial charge >= 0.3 is 0 Å². The molecule has 0 aromatic heterocycles. The average molecular weight is 443 g/mol. The zero-order valence-electron chi connectivity index (χ0n) is 19.4. The average Bonchev–Trinajstić information content (AvgIpc) is 2.82. The Balaban J connectivity index is 2.03. The number of hydrogen-bond donors (Lipinski definition) is 1. The molecule has 0 aliphatic heterocycles. The van der Waals surface area contributed by atoms with Crippen LogP contribution in [0.5, 0.6) is 17.2 Å². The van der Waals surface area contributed by atoms with E-state index in [9.17, 15) is 9.59 Å². The maximum atomic E-state index is 13.1. The number of likely N-dealkylation sites (N-methyl/N-ethyl adjacent to an activating group) is 1. The Labute approximate surface area is 190 Å². The monoisotopic (exact) mass is 442 g/mol. The van der Waals surface area contributed by atoms with E-state index in [4.69, 9.17) is 14.2 Å². The summed E-state index contributed by atoms with van der Waals surface area (Å²) in [6, 6.07) is 14.3. The van der Waals surface area contributed by atoms with Gasteiger partial charge in [0.2, 0.25) is 11.8 Å². The molecule has 7 nitrogen and oxygen atoms in total. The molecule has 0 fully saturated rings.